The van der Waals surface area contributed by atoms with Gasteiger partial charge < -0.3 is 10.6 Å². The molecule has 0 aliphatic rings. The molecule has 1 amide bonds. The molecule has 25 heavy (non-hydrogen) atoms. The molecule has 0 saturated heterocycles. The Labute approximate surface area is 142 Å². The van der Waals surface area contributed by atoms with Gasteiger partial charge in [0.05, 0.1) is 5.56 Å². The van der Waals surface area contributed by atoms with Gasteiger partial charge in [0.2, 0.25) is 5.95 Å². The molecular formula is C17H13F2N5O. The van der Waals surface area contributed by atoms with Gasteiger partial charge in [0.1, 0.15) is 17.3 Å². The predicted octanol–water partition coefficient (Wildman–Crippen LogP) is 3.01. The molecule has 0 atom stereocenters. The number of hydrogen-bond acceptors (Lipinski definition) is 5. The lowest BCUT2D eigenvalue weighted by molar-refractivity contribution is 0.102. The van der Waals surface area contributed by atoms with E-state index in [0.29, 0.717) is 12.5 Å². The Morgan fingerprint density at radius 1 is 1.00 bits per heavy atom. The van der Waals surface area contributed by atoms with E-state index in [9.17, 15) is 13.6 Å². The molecule has 8 heteroatoms. The first-order valence-electron chi connectivity index (χ1n) is 7.33. The largest absolute Gasteiger partial charge is 0.350 e. The fourth-order valence-electron chi connectivity index (χ4n) is 2.02. The van der Waals surface area contributed by atoms with Gasteiger partial charge >= 0.3 is 0 Å². The molecule has 6 nitrogen and oxygen atoms in total. The molecule has 126 valence electrons. The van der Waals surface area contributed by atoms with Gasteiger partial charge in [0.25, 0.3) is 5.91 Å². The van der Waals surface area contributed by atoms with E-state index in [-0.39, 0.29) is 5.56 Å². The maximum Gasteiger partial charge on any atom is 0.258 e. The number of carbonyl (C=O) groups is 1. The van der Waals surface area contributed by atoms with Crippen LogP contribution in [0.15, 0.2) is 55.1 Å². The number of halogens is 2. The number of aromatic nitrogens is 3. The van der Waals surface area contributed by atoms with Gasteiger partial charge in [-0.05, 0) is 23.8 Å². The van der Waals surface area contributed by atoms with Gasteiger partial charge in [-0.25, -0.2) is 18.7 Å². The molecule has 0 unspecified atom stereocenters. The Bertz CT molecular complexity index is 852. The van der Waals surface area contributed by atoms with Gasteiger partial charge in [-0.1, -0.05) is 12.1 Å². The zero-order valence-corrected chi connectivity index (χ0v) is 12.9. The summed E-state index contributed by atoms with van der Waals surface area (Å²) in [5.74, 6) is -2.10. The molecule has 0 fully saturated rings. The van der Waals surface area contributed by atoms with Crippen LogP contribution < -0.4 is 10.6 Å². The van der Waals surface area contributed by atoms with Crippen molar-refractivity contribution >= 4 is 17.5 Å². The lowest BCUT2D eigenvalue weighted by atomic mass is 10.2. The Morgan fingerprint density at radius 2 is 1.72 bits per heavy atom. The number of rotatable bonds is 5. The van der Waals surface area contributed by atoms with E-state index in [1.165, 1.54) is 18.5 Å². The molecule has 0 spiro atoms. The van der Waals surface area contributed by atoms with Crippen LogP contribution in [0, 0.1) is 11.6 Å². The van der Waals surface area contributed by atoms with Crippen molar-refractivity contribution in [3.63, 3.8) is 0 Å². The Morgan fingerprint density at radius 3 is 2.36 bits per heavy atom. The van der Waals surface area contributed by atoms with Crippen LogP contribution in [-0.2, 0) is 6.54 Å². The summed E-state index contributed by atoms with van der Waals surface area (Å²) in [6.45, 7) is 0.472. The van der Waals surface area contributed by atoms with E-state index in [1.54, 1.807) is 12.4 Å². The highest BCUT2D eigenvalue weighted by Crippen LogP contribution is 2.18. The molecule has 0 radical (unpaired) electrons. The van der Waals surface area contributed by atoms with Crippen molar-refractivity contribution in [2.45, 2.75) is 6.54 Å². The van der Waals surface area contributed by atoms with Crippen molar-refractivity contribution in [1.82, 2.24) is 15.0 Å². The number of carbonyl (C=O) groups excluding carboxylic acids is 1. The van der Waals surface area contributed by atoms with Crippen molar-refractivity contribution in [2.24, 2.45) is 0 Å². The van der Waals surface area contributed by atoms with Crippen molar-refractivity contribution in [2.75, 3.05) is 10.6 Å². The number of nitrogens with zero attached hydrogens (tertiary/aromatic N) is 3. The normalized spacial score (nSPS) is 10.3. The topological polar surface area (TPSA) is 79.8 Å². The second-order valence-corrected chi connectivity index (χ2v) is 5.06. The molecule has 0 bridgehead atoms. The molecule has 2 N–H and O–H groups in total. The first kappa shape index (κ1) is 16.4. The summed E-state index contributed by atoms with van der Waals surface area (Å²) in [6, 6.07) is 7.03. The molecular weight excluding hydrogens is 328 g/mol. The molecule has 2 heterocycles. The van der Waals surface area contributed by atoms with Gasteiger partial charge in [0.15, 0.2) is 0 Å². The van der Waals surface area contributed by atoms with Gasteiger partial charge in [-0.3, -0.25) is 9.78 Å². The Balaban J connectivity index is 1.64. The third-order valence-corrected chi connectivity index (χ3v) is 3.29. The van der Waals surface area contributed by atoms with E-state index in [0.717, 1.165) is 17.7 Å². The molecule has 0 aliphatic heterocycles. The van der Waals surface area contributed by atoms with Crippen LogP contribution in [0.1, 0.15) is 15.9 Å². The monoisotopic (exact) mass is 341 g/mol. The van der Waals surface area contributed by atoms with Crippen LogP contribution in [0.5, 0.6) is 0 Å². The highest BCUT2D eigenvalue weighted by Gasteiger charge is 2.14. The van der Waals surface area contributed by atoms with Crippen LogP contribution in [-0.4, -0.2) is 20.9 Å². The summed E-state index contributed by atoms with van der Waals surface area (Å²) >= 11 is 0. The van der Waals surface area contributed by atoms with Crippen LogP contribution in [0.2, 0.25) is 0 Å². The summed E-state index contributed by atoms with van der Waals surface area (Å²) in [5, 5.41) is 5.16. The number of benzene rings is 1. The summed E-state index contributed by atoms with van der Waals surface area (Å²) in [6.07, 6.45) is 5.92. The minimum atomic E-state index is -0.857. The standard InChI is InChI=1S/C17H13F2N5O/c18-13-4-1-5-14(19)15(13)24-16(25)12-9-22-17(23-10-12)21-8-11-3-2-6-20-7-11/h1-7,9-10H,8H2,(H,24,25)(H,21,22,23). The minimum absolute atomic E-state index is 0.0783. The summed E-state index contributed by atoms with van der Waals surface area (Å²) in [7, 11) is 0. The minimum Gasteiger partial charge on any atom is -0.350 e. The number of para-hydroxylation sites is 1. The van der Waals surface area contributed by atoms with E-state index in [2.05, 4.69) is 25.6 Å². The van der Waals surface area contributed by atoms with Gasteiger partial charge in [0, 0.05) is 31.3 Å². The van der Waals surface area contributed by atoms with Crippen LogP contribution >= 0.6 is 0 Å². The highest BCUT2D eigenvalue weighted by atomic mass is 19.1. The maximum absolute atomic E-state index is 13.6. The summed E-state index contributed by atoms with van der Waals surface area (Å²) in [5.41, 5.74) is 0.517. The van der Waals surface area contributed by atoms with Crippen LogP contribution in [0.3, 0.4) is 0 Å². The van der Waals surface area contributed by atoms with Crippen LogP contribution in [0.4, 0.5) is 20.4 Å². The summed E-state index contributed by atoms with van der Waals surface area (Å²) < 4.78 is 27.1. The number of hydrogen-bond donors (Lipinski definition) is 2. The number of amides is 1. The van der Waals surface area contributed by atoms with Crippen molar-refractivity contribution in [3.05, 3.63) is 77.9 Å². The molecule has 1 aromatic carbocycles. The molecule has 0 saturated carbocycles. The first-order valence-corrected chi connectivity index (χ1v) is 7.33. The van der Waals surface area contributed by atoms with E-state index in [4.69, 9.17) is 0 Å². The van der Waals surface area contributed by atoms with Gasteiger partial charge in [-0.2, -0.15) is 0 Å². The zero-order valence-electron chi connectivity index (χ0n) is 12.9. The fraction of sp³-hybridized carbons (Fsp3) is 0.0588. The highest BCUT2D eigenvalue weighted by molar-refractivity contribution is 6.04. The van der Waals surface area contributed by atoms with E-state index in [1.807, 2.05) is 12.1 Å². The third-order valence-electron chi connectivity index (χ3n) is 3.29. The molecule has 0 aliphatic carbocycles. The smallest absolute Gasteiger partial charge is 0.258 e. The SMILES string of the molecule is O=C(Nc1c(F)cccc1F)c1cnc(NCc2cccnc2)nc1. The van der Waals surface area contributed by atoms with Gasteiger partial charge in [-0.15, -0.1) is 0 Å². The first-order chi connectivity index (χ1) is 12.1. The molecule has 3 rings (SSSR count). The molecule has 3 aromatic rings. The van der Waals surface area contributed by atoms with Crippen molar-refractivity contribution in [3.8, 4) is 0 Å². The molecule has 2 aromatic heterocycles. The second-order valence-electron chi connectivity index (χ2n) is 5.06. The zero-order chi connectivity index (χ0) is 17.6. The number of anilines is 2. The average molecular weight is 341 g/mol. The van der Waals surface area contributed by atoms with E-state index >= 15 is 0 Å². The Kier molecular flexibility index (Phi) is 4.89. The number of pyridine rings is 1. The lowest BCUT2D eigenvalue weighted by Gasteiger charge is -2.08. The van der Waals surface area contributed by atoms with Crippen LogP contribution in [0.25, 0.3) is 0 Å². The van der Waals surface area contributed by atoms with Crippen molar-refractivity contribution in [1.29, 1.82) is 0 Å². The third kappa shape index (κ3) is 4.11. The quantitative estimate of drug-likeness (QED) is 0.746. The van der Waals surface area contributed by atoms with E-state index < -0.39 is 23.2 Å². The summed E-state index contributed by atoms with van der Waals surface area (Å²) in [4.78, 5) is 24.1. The fourth-order valence-corrected chi connectivity index (χ4v) is 2.02. The maximum atomic E-state index is 13.6. The number of nitrogens with one attached hydrogen (secondary N) is 2. The Hall–Kier alpha value is -3.42. The lowest BCUT2D eigenvalue weighted by Crippen LogP contribution is -2.15. The average Bonchev–Trinajstić information content (AvgIpc) is 2.64. The second kappa shape index (κ2) is 7.43. The predicted molar refractivity (Wildman–Crippen MR) is 87.9 cm³/mol. The van der Waals surface area contributed by atoms with Crippen molar-refractivity contribution < 1.29 is 13.6 Å².